The number of hydrogen-bond donors (Lipinski definition) is 1. The van der Waals surface area contributed by atoms with Crippen molar-refractivity contribution >= 4 is 29.0 Å². The molecule has 7 heteroatoms. The largest absolute Gasteiger partial charge is 0.494 e. The lowest BCUT2D eigenvalue weighted by atomic mass is 9.93. The zero-order valence-electron chi connectivity index (χ0n) is 11.9. The third kappa shape index (κ3) is 4.01. The van der Waals surface area contributed by atoms with Crippen LogP contribution in [0, 0.1) is 0 Å². The highest BCUT2D eigenvalue weighted by Gasteiger charge is 2.44. The molecule has 1 N–H and O–H groups in total. The molecule has 1 rings (SSSR count). The Balaban J connectivity index is 3.02. The number of ether oxygens (including phenoxy) is 1. The van der Waals surface area contributed by atoms with Gasteiger partial charge in [0.2, 0.25) is 5.54 Å². The molecule has 0 aromatic heterocycles. The van der Waals surface area contributed by atoms with Crippen molar-refractivity contribution in [2.24, 2.45) is 10.2 Å². The number of benzene rings is 1. The molecule has 0 spiro atoms. The lowest BCUT2D eigenvalue weighted by molar-refractivity contribution is -0.147. The van der Waals surface area contributed by atoms with Crippen molar-refractivity contribution in [3.63, 3.8) is 0 Å². The first-order valence-electron chi connectivity index (χ1n) is 6.48. The van der Waals surface area contributed by atoms with Gasteiger partial charge in [-0.25, -0.2) is 4.79 Å². The van der Waals surface area contributed by atoms with Crippen LogP contribution in [0.15, 0.2) is 34.5 Å². The number of carboxylic acids is 1. The Labute approximate surface area is 127 Å². The Bertz CT molecular complexity index is 530. The van der Waals surface area contributed by atoms with Crippen LogP contribution in [0.25, 0.3) is 0 Å². The highest BCUT2D eigenvalue weighted by Crippen LogP contribution is 2.24. The number of carbonyl (C=O) groups excluding carboxylic acids is 1. The number of azo groups is 1. The van der Waals surface area contributed by atoms with Gasteiger partial charge in [0.05, 0.1) is 18.2 Å². The summed E-state index contributed by atoms with van der Waals surface area (Å²) in [6, 6.07) is 6.63. The second-order valence-electron chi connectivity index (χ2n) is 4.20. The summed E-state index contributed by atoms with van der Waals surface area (Å²) in [7, 11) is 0. The summed E-state index contributed by atoms with van der Waals surface area (Å²) < 4.78 is 5.28. The molecule has 0 aliphatic rings. The summed E-state index contributed by atoms with van der Waals surface area (Å²) in [5, 5.41) is 16.9. The zero-order valence-corrected chi connectivity index (χ0v) is 12.6. The number of nitrogens with zero attached hydrogens (tertiary/aromatic N) is 2. The van der Waals surface area contributed by atoms with Crippen LogP contribution >= 0.6 is 11.6 Å². The SMILES string of the molecule is CCOc1ccc(N=NC(CC)(C(=O)O)C(=O)CCl)cc1. The predicted octanol–water partition coefficient (Wildman–Crippen LogP) is 3.21. The Kier molecular flexibility index (Phi) is 6.30. The van der Waals surface area contributed by atoms with Gasteiger partial charge in [-0.05, 0) is 37.6 Å². The first-order valence-corrected chi connectivity index (χ1v) is 7.02. The summed E-state index contributed by atoms with van der Waals surface area (Å²) in [6.07, 6.45) is -0.0194. The van der Waals surface area contributed by atoms with Gasteiger partial charge in [-0.15, -0.1) is 11.6 Å². The number of halogens is 1. The van der Waals surface area contributed by atoms with Gasteiger partial charge in [0.1, 0.15) is 5.75 Å². The van der Waals surface area contributed by atoms with Crippen LogP contribution < -0.4 is 4.74 Å². The summed E-state index contributed by atoms with van der Waals surface area (Å²) in [5.74, 6) is -1.80. The zero-order chi connectivity index (χ0) is 15.9. The van der Waals surface area contributed by atoms with Crippen molar-refractivity contribution in [3.05, 3.63) is 24.3 Å². The Morgan fingerprint density at radius 1 is 1.29 bits per heavy atom. The number of ketones is 1. The van der Waals surface area contributed by atoms with E-state index in [1.165, 1.54) is 0 Å². The molecule has 0 saturated carbocycles. The highest BCUT2D eigenvalue weighted by atomic mass is 35.5. The van der Waals surface area contributed by atoms with Gasteiger partial charge in [-0.2, -0.15) is 10.2 Å². The fourth-order valence-corrected chi connectivity index (χ4v) is 1.89. The molecular formula is C14H17ClN2O4. The molecule has 0 radical (unpaired) electrons. The summed E-state index contributed by atoms with van der Waals surface area (Å²) in [6.45, 7) is 3.96. The van der Waals surface area contributed by atoms with Crippen molar-refractivity contribution in [1.29, 1.82) is 0 Å². The minimum atomic E-state index is -1.93. The van der Waals surface area contributed by atoms with E-state index in [1.807, 2.05) is 6.92 Å². The van der Waals surface area contributed by atoms with E-state index in [4.69, 9.17) is 16.3 Å². The van der Waals surface area contributed by atoms with Gasteiger partial charge >= 0.3 is 5.97 Å². The number of aliphatic carboxylic acids is 1. The van der Waals surface area contributed by atoms with Crippen LogP contribution in [0.2, 0.25) is 0 Å². The molecule has 6 nitrogen and oxygen atoms in total. The molecule has 0 heterocycles. The number of carboxylic acid groups (broad SMARTS) is 1. The average molecular weight is 313 g/mol. The second kappa shape index (κ2) is 7.73. The Morgan fingerprint density at radius 2 is 1.90 bits per heavy atom. The lowest BCUT2D eigenvalue weighted by Gasteiger charge is -2.19. The molecule has 0 fully saturated rings. The molecule has 0 amide bonds. The quantitative estimate of drug-likeness (QED) is 0.453. The maximum Gasteiger partial charge on any atom is 0.341 e. The van der Waals surface area contributed by atoms with Crippen molar-refractivity contribution in [1.82, 2.24) is 0 Å². The minimum Gasteiger partial charge on any atom is -0.494 e. The summed E-state index contributed by atoms with van der Waals surface area (Å²) in [5.41, 5.74) is -1.50. The second-order valence-corrected chi connectivity index (χ2v) is 4.47. The van der Waals surface area contributed by atoms with Crippen molar-refractivity contribution < 1.29 is 19.4 Å². The van der Waals surface area contributed by atoms with Crippen LogP contribution in [0.4, 0.5) is 5.69 Å². The van der Waals surface area contributed by atoms with Gasteiger partial charge in [0.15, 0.2) is 5.78 Å². The molecule has 1 aromatic rings. The third-order valence-electron chi connectivity index (χ3n) is 2.93. The van der Waals surface area contributed by atoms with E-state index in [1.54, 1.807) is 31.2 Å². The molecule has 0 aliphatic carbocycles. The average Bonchev–Trinajstić information content (AvgIpc) is 2.49. The standard InChI is InChI=1S/C14H17ClN2O4/c1-3-14(13(19)20,12(18)9-15)17-16-10-5-7-11(8-6-10)21-4-2/h5-8H,3-4,9H2,1-2H3,(H,19,20). The van der Waals surface area contributed by atoms with Gasteiger partial charge in [-0.3, -0.25) is 4.79 Å². The fraction of sp³-hybridized carbons (Fsp3) is 0.429. The van der Waals surface area contributed by atoms with Gasteiger partial charge < -0.3 is 9.84 Å². The number of rotatable bonds is 8. The number of carbonyl (C=O) groups is 2. The van der Waals surface area contributed by atoms with E-state index in [0.29, 0.717) is 18.0 Å². The van der Waals surface area contributed by atoms with E-state index in [0.717, 1.165) is 0 Å². The molecule has 1 unspecified atom stereocenters. The Hall–Kier alpha value is -1.95. The molecule has 1 atom stereocenters. The van der Waals surface area contributed by atoms with E-state index in [9.17, 15) is 14.7 Å². The minimum absolute atomic E-state index is 0.0194. The smallest absolute Gasteiger partial charge is 0.341 e. The number of alkyl halides is 1. The fourth-order valence-electron chi connectivity index (χ4n) is 1.67. The van der Waals surface area contributed by atoms with E-state index >= 15 is 0 Å². The highest BCUT2D eigenvalue weighted by molar-refractivity contribution is 6.31. The molecule has 114 valence electrons. The first kappa shape index (κ1) is 17.1. The maximum atomic E-state index is 11.8. The monoisotopic (exact) mass is 312 g/mol. The van der Waals surface area contributed by atoms with Crippen molar-refractivity contribution in [2.45, 2.75) is 25.8 Å². The topological polar surface area (TPSA) is 88.3 Å². The molecule has 0 saturated heterocycles. The third-order valence-corrected chi connectivity index (χ3v) is 3.17. The summed E-state index contributed by atoms with van der Waals surface area (Å²) >= 11 is 5.47. The molecule has 21 heavy (non-hydrogen) atoms. The lowest BCUT2D eigenvalue weighted by Crippen LogP contribution is -2.45. The van der Waals surface area contributed by atoms with E-state index < -0.39 is 23.2 Å². The summed E-state index contributed by atoms with van der Waals surface area (Å²) in [4.78, 5) is 23.1. The molecular weight excluding hydrogens is 296 g/mol. The molecule has 0 bridgehead atoms. The van der Waals surface area contributed by atoms with Crippen LogP contribution in [-0.2, 0) is 9.59 Å². The predicted molar refractivity (Wildman–Crippen MR) is 78.5 cm³/mol. The van der Waals surface area contributed by atoms with Crippen LogP contribution in [-0.4, -0.2) is 34.9 Å². The van der Waals surface area contributed by atoms with Crippen molar-refractivity contribution in [3.8, 4) is 5.75 Å². The first-order chi connectivity index (χ1) is 10.00. The van der Waals surface area contributed by atoms with Gasteiger partial charge in [0, 0.05) is 0 Å². The van der Waals surface area contributed by atoms with E-state index in [2.05, 4.69) is 10.2 Å². The van der Waals surface area contributed by atoms with Gasteiger partial charge in [0.25, 0.3) is 0 Å². The maximum absolute atomic E-state index is 11.8. The Morgan fingerprint density at radius 3 is 2.33 bits per heavy atom. The molecule has 0 aliphatic heterocycles. The van der Waals surface area contributed by atoms with Crippen LogP contribution in [0.1, 0.15) is 20.3 Å². The van der Waals surface area contributed by atoms with Crippen molar-refractivity contribution in [2.75, 3.05) is 12.5 Å². The van der Waals surface area contributed by atoms with Crippen LogP contribution in [0.3, 0.4) is 0 Å². The molecule has 1 aromatic carbocycles. The normalized spacial score (nSPS) is 13.9. The number of Topliss-reactive ketones (excluding diaryl/α,β-unsaturated/α-hetero) is 1. The van der Waals surface area contributed by atoms with Crippen LogP contribution in [0.5, 0.6) is 5.75 Å². The number of hydrogen-bond acceptors (Lipinski definition) is 5. The van der Waals surface area contributed by atoms with E-state index in [-0.39, 0.29) is 6.42 Å². The van der Waals surface area contributed by atoms with Gasteiger partial charge in [-0.1, -0.05) is 6.92 Å².